The Kier molecular flexibility index (Phi) is 2.96. The molecule has 18 heavy (non-hydrogen) atoms. The lowest BCUT2D eigenvalue weighted by molar-refractivity contribution is -0.138. The van der Waals surface area contributed by atoms with Crippen molar-refractivity contribution < 1.29 is 9.53 Å². The van der Waals surface area contributed by atoms with Crippen molar-refractivity contribution in [3.63, 3.8) is 0 Å². The Labute approximate surface area is 107 Å². The van der Waals surface area contributed by atoms with Gasteiger partial charge in [0.25, 0.3) is 5.91 Å². The fourth-order valence-electron chi connectivity index (χ4n) is 2.64. The van der Waals surface area contributed by atoms with Crippen molar-refractivity contribution in [1.82, 2.24) is 4.90 Å². The summed E-state index contributed by atoms with van der Waals surface area (Å²) in [4.78, 5) is 14.2. The Balaban J connectivity index is 1.65. The van der Waals surface area contributed by atoms with Crippen LogP contribution in [-0.4, -0.2) is 36.0 Å². The maximum absolute atomic E-state index is 12.3. The van der Waals surface area contributed by atoms with Crippen molar-refractivity contribution in [3.8, 4) is 5.75 Å². The number of fused-ring (bicyclic) bond motifs is 1. The molecule has 2 aliphatic rings. The van der Waals surface area contributed by atoms with Crippen molar-refractivity contribution in [2.24, 2.45) is 5.73 Å². The Morgan fingerprint density at radius 3 is 2.72 bits per heavy atom. The highest BCUT2D eigenvalue weighted by molar-refractivity contribution is 5.82. The molecule has 0 radical (unpaired) electrons. The van der Waals surface area contributed by atoms with E-state index in [1.54, 1.807) is 0 Å². The van der Waals surface area contributed by atoms with E-state index in [1.807, 2.05) is 29.2 Å². The topological polar surface area (TPSA) is 55.6 Å². The fourth-order valence-corrected chi connectivity index (χ4v) is 2.64. The molecule has 2 N–H and O–H groups in total. The Hall–Kier alpha value is -1.55. The zero-order chi connectivity index (χ0) is 12.5. The van der Waals surface area contributed by atoms with E-state index in [4.69, 9.17) is 10.5 Å². The second-order valence-electron chi connectivity index (χ2n) is 5.08. The second-order valence-corrected chi connectivity index (χ2v) is 5.08. The van der Waals surface area contributed by atoms with Crippen molar-refractivity contribution in [2.75, 3.05) is 13.1 Å². The molecule has 4 heteroatoms. The first-order valence-corrected chi connectivity index (χ1v) is 6.53. The summed E-state index contributed by atoms with van der Waals surface area (Å²) in [6.07, 6.45) is 2.14. The lowest BCUT2D eigenvalue weighted by atomic mass is 10.0. The molecule has 1 aromatic carbocycles. The van der Waals surface area contributed by atoms with E-state index in [1.165, 1.54) is 0 Å². The van der Waals surface area contributed by atoms with Gasteiger partial charge in [-0.15, -0.1) is 0 Å². The predicted octanol–water partition coefficient (Wildman–Crippen LogP) is 0.940. The number of amides is 1. The van der Waals surface area contributed by atoms with Crippen LogP contribution in [0.1, 0.15) is 18.4 Å². The smallest absolute Gasteiger partial charge is 0.263 e. The average Bonchev–Trinajstić information content (AvgIpc) is 2.82. The zero-order valence-corrected chi connectivity index (χ0v) is 10.3. The fraction of sp³-hybridized carbons (Fsp3) is 0.500. The van der Waals surface area contributed by atoms with E-state index >= 15 is 0 Å². The van der Waals surface area contributed by atoms with Crippen molar-refractivity contribution in [2.45, 2.75) is 31.4 Å². The van der Waals surface area contributed by atoms with Gasteiger partial charge in [-0.3, -0.25) is 4.79 Å². The number of nitrogens with two attached hydrogens (primary N) is 1. The number of para-hydroxylation sites is 1. The molecular formula is C14H18N2O2. The predicted molar refractivity (Wildman–Crippen MR) is 68.4 cm³/mol. The molecule has 1 saturated heterocycles. The second kappa shape index (κ2) is 4.61. The number of piperidine rings is 1. The molecule has 1 amide bonds. The molecule has 0 aromatic heterocycles. The number of hydrogen-bond acceptors (Lipinski definition) is 3. The normalized spacial score (nSPS) is 23.6. The summed E-state index contributed by atoms with van der Waals surface area (Å²) in [5, 5.41) is 0. The molecule has 0 aliphatic carbocycles. The summed E-state index contributed by atoms with van der Waals surface area (Å²) in [6.45, 7) is 1.52. The summed E-state index contributed by atoms with van der Waals surface area (Å²) in [6, 6.07) is 8.11. The van der Waals surface area contributed by atoms with Gasteiger partial charge in [0.15, 0.2) is 6.10 Å². The third-order valence-electron chi connectivity index (χ3n) is 3.77. The van der Waals surface area contributed by atoms with E-state index in [2.05, 4.69) is 0 Å². The molecule has 3 rings (SSSR count). The van der Waals surface area contributed by atoms with Crippen molar-refractivity contribution in [3.05, 3.63) is 29.8 Å². The van der Waals surface area contributed by atoms with Crippen LogP contribution in [0.2, 0.25) is 0 Å². The summed E-state index contributed by atoms with van der Waals surface area (Å²) in [5.41, 5.74) is 6.98. The molecule has 1 atom stereocenters. The molecule has 96 valence electrons. The van der Waals surface area contributed by atoms with Crippen LogP contribution in [0.15, 0.2) is 24.3 Å². The van der Waals surface area contributed by atoms with Crippen LogP contribution in [0, 0.1) is 0 Å². The number of hydrogen-bond donors (Lipinski definition) is 1. The van der Waals surface area contributed by atoms with E-state index in [-0.39, 0.29) is 18.1 Å². The van der Waals surface area contributed by atoms with Crippen LogP contribution in [0.25, 0.3) is 0 Å². The quantitative estimate of drug-likeness (QED) is 0.802. The zero-order valence-electron chi connectivity index (χ0n) is 10.3. The van der Waals surface area contributed by atoms with E-state index in [0.717, 1.165) is 37.2 Å². The summed E-state index contributed by atoms with van der Waals surface area (Å²) in [5.74, 6) is 0.961. The molecule has 2 heterocycles. The molecule has 1 fully saturated rings. The minimum absolute atomic E-state index is 0.109. The lowest BCUT2D eigenvalue weighted by Gasteiger charge is -2.31. The van der Waals surface area contributed by atoms with Gasteiger partial charge in [-0.1, -0.05) is 18.2 Å². The number of rotatable bonds is 1. The Bertz CT molecular complexity index is 428. The van der Waals surface area contributed by atoms with Gasteiger partial charge in [-0.25, -0.2) is 0 Å². The van der Waals surface area contributed by atoms with Crippen molar-refractivity contribution in [1.29, 1.82) is 0 Å². The molecule has 4 nitrogen and oxygen atoms in total. The third kappa shape index (κ3) is 2.08. The molecule has 1 aromatic rings. The number of ether oxygens (including phenoxy) is 1. The average molecular weight is 246 g/mol. The van der Waals surface area contributed by atoms with Gasteiger partial charge >= 0.3 is 0 Å². The van der Waals surface area contributed by atoms with Crippen LogP contribution in [-0.2, 0) is 11.2 Å². The summed E-state index contributed by atoms with van der Waals surface area (Å²) in [7, 11) is 0. The number of carbonyl (C=O) groups is 1. The van der Waals surface area contributed by atoms with Gasteiger partial charge in [-0.05, 0) is 24.5 Å². The van der Waals surface area contributed by atoms with Crippen LogP contribution >= 0.6 is 0 Å². The SMILES string of the molecule is NC1CCN(C(=O)C2Cc3ccccc3O2)CC1. The van der Waals surface area contributed by atoms with E-state index < -0.39 is 0 Å². The molecule has 0 saturated carbocycles. The molecular weight excluding hydrogens is 228 g/mol. The van der Waals surface area contributed by atoms with Gasteiger partial charge in [0, 0.05) is 25.6 Å². The van der Waals surface area contributed by atoms with Gasteiger partial charge in [0.05, 0.1) is 0 Å². The van der Waals surface area contributed by atoms with Gasteiger partial charge in [0.2, 0.25) is 0 Å². The Morgan fingerprint density at radius 2 is 2.00 bits per heavy atom. The molecule has 2 aliphatic heterocycles. The highest BCUT2D eigenvalue weighted by atomic mass is 16.5. The standard InChI is InChI=1S/C14H18N2O2/c15-11-5-7-16(8-6-11)14(17)13-9-10-3-1-2-4-12(10)18-13/h1-4,11,13H,5-9,15H2. The van der Waals surface area contributed by atoms with Crippen LogP contribution in [0.5, 0.6) is 5.75 Å². The van der Waals surface area contributed by atoms with Gasteiger partial charge in [0.1, 0.15) is 5.75 Å². The highest BCUT2D eigenvalue weighted by Gasteiger charge is 2.33. The highest BCUT2D eigenvalue weighted by Crippen LogP contribution is 2.29. The van der Waals surface area contributed by atoms with Crippen molar-refractivity contribution >= 4 is 5.91 Å². The van der Waals surface area contributed by atoms with Gasteiger partial charge in [-0.2, -0.15) is 0 Å². The summed E-state index contributed by atoms with van der Waals surface area (Å²) >= 11 is 0. The van der Waals surface area contributed by atoms with E-state index in [0.29, 0.717) is 6.42 Å². The summed E-state index contributed by atoms with van der Waals surface area (Å²) < 4.78 is 5.73. The maximum atomic E-state index is 12.3. The van der Waals surface area contributed by atoms with Crippen LogP contribution in [0.3, 0.4) is 0 Å². The minimum atomic E-state index is -0.336. The minimum Gasteiger partial charge on any atom is -0.480 e. The lowest BCUT2D eigenvalue weighted by Crippen LogP contribution is -2.47. The third-order valence-corrected chi connectivity index (χ3v) is 3.77. The largest absolute Gasteiger partial charge is 0.480 e. The molecule has 1 unspecified atom stereocenters. The Morgan fingerprint density at radius 1 is 1.28 bits per heavy atom. The van der Waals surface area contributed by atoms with Crippen LogP contribution in [0.4, 0.5) is 0 Å². The van der Waals surface area contributed by atoms with E-state index in [9.17, 15) is 4.79 Å². The number of nitrogens with zero attached hydrogens (tertiary/aromatic N) is 1. The first-order valence-electron chi connectivity index (χ1n) is 6.53. The van der Waals surface area contributed by atoms with Gasteiger partial charge < -0.3 is 15.4 Å². The number of likely N-dealkylation sites (tertiary alicyclic amines) is 1. The first kappa shape index (κ1) is 11.5. The number of benzene rings is 1. The molecule has 0 bridgehead atoms. The monoisotopic (exact) mass is 246 g/mol. The first-order chi connectivity index (χ1) is 8.74. The molecule has 0 spiro atoms. The maximum Gasteiger partial charge on any atom is 0.263 e. The number of carbonyl (C=O) groups excluding carboxylic acids is 1. The van der Waals surface area contributed by atoms with Crippen LogP contribution < -0.4 is 10.5 Å².